The molecule has 146 valence electrons. The van der Waals surface area contributed by atoms with Crippen LogP contribution in [0.2, 0.25) is 0 Å². The lowest BCUT2D eigenvalue weighted by atomic mass is 10.1. The molecule has 0 unspecified atom stereocenters. The van der Waals surface area contributed by atoms with Crippen molar-refractivity contribution in [3.63, 3.8) is 0 Å². The van der Waals surface area contributed by atoms with Gasteiger partial charge in [-0.05, 0) is 38.0 Å². The third-order valence-corrected chi connectivity index (χ3v) is 3.84. The summed E-state index contributed by atoms with van der Waals surface area (Å²) in [5, 5.41) is 6.10. The molecule has 0 aliphatic heterocycles. The van der Waals surface area contributed by atoms with Crippen molar-refractivity contribution in [3.05, 3.63) is 23.8 Å². The van der Waals surface area contributed by atoms with Gasteiger partial charge in [-0.3, -0.25) is 9.79 Å². The monoisotopic (exact) mass is 364 g/mol. The summed E-state index contributed by atoms with van der Waals surface area (Å²) >= 11 is 0. The van der Waals surface area contributed by atoms with Gasteiger partial charge in [-0.2, -0.15) is 0 Å². The van der Waals surface area contributed by atoms with Crippen molar-refractivity contribution in [2.75, 3.05) is 41.4 Å². The van der Waals surface area contributed by atoms with Crippen molar-refractivity contribution in [3.8, 4) is 11.5 Å². The summed E-state index contributed by atoms with van der Waals surface area (Å²) in [6.45, 7) is 5.23. The Morgan fingerprint density at radius 3 is 2.50 bits per heavy atom. The molecule has 7 nitrogen and oxygen atoms in total. The van der Waals surface area contributed by atoms with Crippen molar-refractivity contribution in [2.45, 2.75) is 32.7 Å². The number of methoxy groups -OCH3 is 2. The first-order chi connectivity index (χ1) is 12.4. The second-order valence-corrected chi connectivity index (χ2v) is 6.31. The maximum Gasteiger partial charge on any atom is 0.221 e. The van der Waals surface area contributed by atoms with Gasteiger partial charge < -0.3 is 25.0 Å². The lowest BCUT2D eigenvalue weighted by Gasteiger charge is -2.22. The number of ether oxygens (including phenoxy) is 2. The molecule has 0 atom stereocenters. The second kappa shape index (κ2) is 11.2. The van der Waals surface area contributed by atoms with Crippen LogP contribution in [0.4, 0.5) is 0 Å². The van der Waals surface area contributed by atoms with Gasteiger partial charge in [0.05, 0.1) is 14.2 Å². The summed E-state index contributed by atoms with van der Waals surface area (Å²) in [6, 6.07) is 6.08. The van der Waals surface area contributed by atoms with Gasteiger partial charge in [-0.25, -0.2) is 0 Å². The van der Waals surface area contributed by atoms with E-state index in [4.69, 9.17) is 9.47 Å². The number of aliphatic imine (C=N–C) groups is 1. The average Bonchev–Trinajstić information content (AvgIpc) is 2.62. The molecule has 0 saturated heterocycles. The molecule has 1 amide bonds. The lowest BCUT2D eigenvalue weighted by Crippen LogP contribution is -2.41. The average molecular weight is 364 g/mol. The maximum atomic E-state index is 11.7. The van der Waals surface area contributed by atoms with Crippen molar-refractivity contribution < 1.29 is 14.3 Å². The van der Waals surface area contributed by atoms with Crippen molar-refractivity contribution in [1.29, 1.82) is 0 Å². The van der Waals surface area contributed by atoms with Crippen LogP contribution in [0, 0.1) is 0 Å². The Balaban J connectivity index is 2.49. The Morgan fingerprint density at radius 1 is 1.23 bits per heavy atom. The van der Waals surface area contributed by atoms with E-state index in [0.29, 0.717) is 13.0 Å². The Labute approximate surface area is 156 Å². The molecule has 0 radical (unpaired) electrons. The van der Waals surface area contributed by atoms with E-state index in [9.17, 15) is 4.79 Å². The SMILES string of the molecule is CN=C(NCCC(=O)NC(C)C)N(C)CCc1ccc(OC)c(OC)c1. The van der Waals surface area contributed by atoms with Gasteiger partial charge in [-0.15, -0.1) is 0 Å². The number of hydrogen-bond acceptors (Lipinski definition) is 4. The summed E-state index contributed by atoms with van der Waals surface area (Å²) in [5.74, 6) is 2.26. The van der Waals surface area contributed by atoms with E-state index in [0.717, 1.165) is 36.0 Å². The first kappa shape index (κ1) is 21.6. The first-order valence-corrected chi connectivity index (χ1v) is 8.83. The van der Waals surface area contributed by atoms with Gasteiger partial charge in [0, 0.05) is 39.6 Å². The summed E-state index contributed by atoms with van der Waals surface area (Å²) in [6.07, 6.45) is 1.26. The van der Waals surface area contributed by atoms with E-state index in [-0.39, 0.29) is 11.9 Å². The third kappa shape index (κ3) is 7.21. The minimum absolute atomic E-state index is 0.0379. The molecule has 0 aliphatic rings. The van der Waals surface area contributed by atoms with Crippen LogP contribution in [0.25, 0.3) is 0 Å². The number of guanidine groups is 1. The Hall–Kier alpha value is -2.44. The molecular weight excluding hydrogens is 332 g/mol. The third-order valence-electron chi connectivity index (χ3n) is 3.84. The molecular formula is C19H32N4O3. The zero-order valence-corrected chi connectivity index (χ0v) is 16.8. The fourth-order valence-corrected chi connectivity index (χ4v) is 2.51. The smallest absolute Gasteiger partial charge is 0.221 e. The zero-order valence-electron chi connectivity index (χ0n) is 16.8. The number of carbonyl (C=O) groups is 1. The normalized spacial score (nSPS) is 11.3. The number of likely N-dealkylation sites (N-methyl/N-ethyl adjacent to an activating group) is 1. The van der Waals surface area contributed by atoms with E-state index < -0.39 is 0 Å². The molecule has 26 heavy (non-hydrogen) atoms. The second-order valence-electron chi connectivity index (χ2n) is 6.31. The van der Waals surface area contributed by atoms with Gasteiger partial charge in [0.25, 0.3) is 0 Å². The summed E-state index contributed by atoms with van der Waals surface area (Å²) < 4.78 is 10.6. The number of amides is 1. The van der Waals surface area contributed by atoms with E-state index in [1.807, 2.05) is 44.0 Å². The molecule has 0 bridgehead atoms. The molecule has 0 aliphatic carbocycles. The van der Waals surface area contributed by atoms with Crippen molar-refractivity contribution >= 4 is 11.9 Å². The van der Waals surface area contributed by atoms with Crippen LogP contribution in [-0.4, -0.2) is 64.2 Å². The zero-order chi connectivity index (χ0) is 19.5. The molecule has 1 rings (SSSR count). The van der Waals surface area contributed by atoms with Crippen LogP contribution in [0.15, 0.2) is 23.2 Å². The predicted molar refractivity (Wildman–Crippen MR) is 105 cm³/mol. The van der Waals surface area contributed by atoms with Crippen LogP contribution in [0.5, 0.6) is 11.5 Å². The van der Waals surface area contributed by atoms with Crippen LogP contribution in [0.3, 0.4) is 0 Å². The van der Waals surface area contributed by atoms with Crippen LogP contribution >= 0.6 is 0 Å². The van der Waals surface area contributed by atoms with Gasteiger partial charge in [0.2, 0.25) is 5.91 Å². The molecule has 1 aromatic carbocycles. The number of rotatable bonds is 9. The highest BCUT2D eigenvalue weighted by Gasteiger charge is 2.09. The standard InChI is InChI=1S/C19H32N4O3/c1-14(2)22-18(24)9-11-21-19(20-3)23(4)12-10-15-7-8-16(25-5)17(13-15)26-6/h7-8,13-14H,9-12H2,1-6H3,(H,20,21)(H,22,24). The summed E-state index contributed by atoms with van der Waals surface area (Å²) in [7, 11) is 6.98. The van der Waals surface area contributed by atoms with Crippen LogP contribution in [-0.2, 0) is 11.2 Å². The Kier molecular flexibility index (Phi) is 9.33. The molecule has 2 N–H and O–H groups in total. The first-order valence-electron chi connectivity index (χ1n) is 8.83. The van der Waals surface area contributed by atoms with Gasteiger partial charge in [0.15, 0.2) is 17.5 Å². The fourth-order valence-electron chi connectivity index (χ4n) is 2.51. The minimum Gasteiger partial charge on any atom is -0.493 e. The van der Waals surface area contributed by atoms with Crippen molar-refractivity contribution in [2.24, 2.45) is 4.99 Å². The molecule has 1 aromatic rings. The van der Waals surface area contributed by atoms with Gasteiger partial charge >= 0.3 is 0 Å². The van der Waals surface area contributed by atoms with Gasteiger partial charge in [-0.1, -0.05) is 6.07 Å². The Morgan fingerprint density at radius 2 is 1.92 bits per heavy atom. The number of nitrogens with zero attached hydrogens (tertiary/aromatic N) is 2. The number of carbonyl (C=O) groups excluding carboxylic acids is 1. The van der Waals surface area contributed by atoms with Crippen molar-refractivity contribution in [1.82, 2.24) is 15.5 Å². The predicted octanol–water partition coefficient (Wildman–Crippen LogP) is 1.67. The molecule has 0 spiro atoms. The molecule has 0 saturated carbocycles. The van der Waals surface area contributed by atoms with Crippen LogP contribution in [0.1, 0.15) is 25.8 Å². The highest BCUT2D eigenvalue weighted by molar-refractivity contribution is 5.81. The maximum absolute atomic E-state index is 11.7. The summed E-state index contributed by atoms with van der Waals surface area (Å²) in [5.41, 5.74) is 1.15. The summed E-state index contributed by atoms with van der Waals surface area (Å²) in [4.78, 5) is 18.0. The number of benzene rings is 1. The topological polar surface area (TPSA) is 75.2 Å². The molecule has 0 aromatic heterocycles. The number of hydrogen-bond donors (Lipinski definition) is 2. The number of nitrogens with one attached hydrogen (secondary N) is 2. The molecule has 0 fully saturated rings. The minimum atomic E-state index is 0.0379. The quantitative estimate of drug-likeness (QED) is 0.515. The van der Waals surface area contributed by atoms with Crippen LogP contribution < -0.4 is 20.1 Å². The van der Waals surface area contributed by atoms with E-state index >= 15 is 0 Å². The highest BCUT2D eigenvalue weighted by atomic mass is 16.5. The van der Waals surface area contributed by atoms with E-state index in [2.05, 4.69) is 15.6 Å². The molecule has 7 heteroatoms. The lowest BCUT2D eigenvalue weighted by molar-refractivity contribution is -0.121. The fraction of sp³-hybridized carbons (Fsp3) is 0.579. The molecule has 0 heterocycles. The largest absolute Gasteiger partial charge is 0.493 e. The highest BCUT2D eigenvalue weighted by Crippen LogP contribution is 2.27. The Bertz CT molecular complexity index is 602. The van der Waals surface area contributed by atoms with E-state index in [1.54, 1.807) is 21.3 Å². The van der Waals surface area contributed by atoms with E-state index in [1.165, 1.54) is 0 Å². The van der Waals surface area contributed by atoms with Gasteiger partial charge in [0.1, 0.15) is 0 Å².